The van der Waals surface area contributed by atoms with Gasteiger partial charge in [-0.2, -0.15) is 5.10 Å². The first kappa shape index (κ1) is 19.1. The normalized spacial score (nSPS) is 13.5. The van der Waals surface area contributed by atoms with E-state index in [1.807, 2.05) is 32.9 Å². The van der Waals surface area contributed by atoms with E-state index in [1.54, 1.807) is 10.7 Å². The molecule has 0 N–H and O–H groups in total. The molecule has 0 fully saturated rings. The number of aryl methyl sites for hydroxylation is 1. The average molecular weight is 353 g/mol. The molecule has 2 heterocycles. The molecule has 6 nitrogen and oxygen atoms in total. The first-order valence-corrected chi connectivity index (χ1v) is 10.4. The molecule has 2 rings (SSSR count). The second-order valence-corrected chi connectivity index (χ2v) is 7.90. The lowest BCUT2D eigenvalue weighted by atomic mass is 10.1. The van der Waals surface area contributed by atoms with Gasteiger partial charge in [0.25, 0.3) is 0 Å². The van der Waals surface area contributed by atoms with Crippen LogP contribution in [0.1, 0.15) is 64.0 Å². The molecule has 0 aromatic carbocycles. The topological polar surface area (TPSA) is 65.7 Å². The van der Waals surface area contributed by atoms with E-state index in [2.05, 4.69) is 17.0 Å². The van der Waals surface area contributed by atoms with Crippen molar-refractivity contribution >= 4 is 13.2 Å². The smallest absolute Gasteiger partial charge is 0.308 e. The van der Waals surface area contributed by atoms with E-state index in [0.29, 0.717) is 19.6 Å². The van der Waals surface area contributed by atoms with E-state index < -0.39 is 7.60 Å². The largest absolute Gasteiger partial charge is 0.339 e. The Morgan fingerprint density at radius 1 is 1.21 bits per heavy atom. The second kappa shape index (κ2) is 8.75. The molecule has 0 radical (unpaired) electrons. The molecule has 0 aliphatic heterocycles. The summed E-state index contributed by atoms with van der Waals surface area (Å²) in [5, 5.41) is 4.36. The molecule has 0 saturated carbocycles. The molecule has 1 unspecified atom stereocenters. The van der Waals surface area contributed by atoms with Crippen molar-refractivity contribution in [1.29, 1.82) is 0 Å². The highest BCUT2D eigenvalue weighted by molar-refractivity contribution is 7.54. The minimum absolute atomic E-state index is 0.351. The van der Waals surface area contributed by atoms with Gasteiger partial charge in [0.1, 0.15) is 5.66 Å². The van der Waals surface area contributed by atoms with Gasteiger partial charge in [-0.25, -0.2) is 9.50 Å². The number of rotatable bonds is 10. The minimum Gasteiger partial charge on any atom is -0.308 e. The lowest BCUT2D eigenvalue weighted by Crippen LogP contribution is -2.12. The van der Waals surface area contributed by atoms with Crippen molar-refractivity contribution < 1.29 is 13.6 Å². The van der Waals surface area contributed by atoms with Gasteiger partial charge in [0.05, 0.1) is 25.1 Å². The summed E-state index contributed by atoms with van der Waals surface area (Å²) in [6, 6.07) is 3.88. The molecule has 0 aliphatic rings. The molecule has 0 bridgehead atoms. The van der Waals surface area contributed by atoms with Crippen LogP contribution in [-0.2, 0) is 20.0 Å². The Morgan fingerprint density at radius 2 is 1.92 bits per heavy atom. The zero-order chi connectivity index (χ0) is 17.6. The van der Waals surface area contributed by atoms with Gasteiger partial charge in [-0.05, 0) is 39.2 Å². The fourth-order valence-electron chi connectivity index (χ4n) is 2.89. The molecule has 1 atom stereocenters. The monoisotopic (exact) mass is 353 g/mol. The number of hydrogen-bond acceptors (Lipinski definition) is 5. The third-order valence-electron chi connectivity index (χ3n) is 3.95. The number of nitrogens with zero attached hydrogens (tertiary/aromatic N) is 3. The number of hydrogen-bond donors (Lipinski definition) is 0. The maximum absolute atomic E-state index is 13.3. The molecule has 2 aromatic heterocycles. The van der Waals surface area contributed by atoms with Crippen molar-refractivity contribution in [1.82, 2.24) is 14.6 Å². The van der Waals surface area contributed by atoms with E-state index in [-0.39, 0.29) is 5.66 Å². The van der Waals surface area contributed by atoms with Crippen LogP contribution in [0.4, 0.5) is 0 Å². The third-order valence-corrected chi connectivity index (χ3v) is 6.58. The van der Waals surface area contributed by atoms with Crippen molar-refractivity contribution in [2.45, 2.75) is 59.0 Å². The Hall–Kier alpha value is -1.23. The van der Waals surface area contributed by atoms with E-state index in [1.165, 1.54) is 0 Å². The summed E-state index contributed by atoms with van der Waals surface area (Å²) in [4.78, 5) is 4.65. The molecular formula is C17H28N3O3P. The zero-order valence-electron chi connectivity index (χ0n) is 15.1. The van der Waals surface area contributed by atoms with Gasteiger partial charge in [0.2, 0.25) is 0 Å². The lowest BCUT2D eigenvalue weighted by molar-refractivity contribution is 0.210. The molecule has 2 aromatic rings. The summed E-state index contributed by atoms with van der Waals surface area (Å²) in [5.74, 6) is 0. The van der Waals surface area contributed by atoms with Crippen molar-refractivity contribution in [2.24, 2.45) is 0 Å². The number of unbranched alkanes of at least 4 members (excludes halogenated alkanes) is 1. The molecule has 0 aliphatic carbocycles. The lowest BCUT2D eigenvalue weighted by Gasteiger charge is -2.26. The summed E-state index contributed by atoms with van der Waals surface area (Å²) < 4.78 is 26.3. The van der Waals surface area contributed by atoms with E-state index in [9.17, 15) is 4.57 Å². The maximum Gasteiger partial charge on any atom is 0.339 e. The summed E-state index contributed by atoms with van der Waals surface area (Å²) in [5.41, 5.74) is 2.27. The Kier molecular flexibility index (Phi) is 6.96. The van der Waals surface area contributed by atoms with Crippen LogP contribution in [0.25, 0.3) is 5.65 Å². The van der Waals surface area contributed by atoms with Crippen LogP contribution >= 0.6 is 7.60 Å². The van der Waals surface area contributed by atoms with Gasteiger partial charge in [0.15, 0.2) is 5.65 Å². The standard InChI is InChI=1S/C17H28N3O3P/c1-5-9-10-14-13-15(20-17(19-14)11-12-18-20)16(6-2)24(21,22-7-3)23-8-4/h11-13,16H,5-10H2,1-4H3. The maximum atomic E-state index is 13.3. The van der Waals surface area contributed by atoms with Crippen LogP contribution < -0.4 is 0 Å². The van der Waals surface area contributed by atoms with E-state index >= 15 is 0 Å². The molecular weight excluding hydrogens is 325 g/mol. The van der Waals surface area contributed by atoms with E-state index in [0.717, 1.165) is 36.3 Å². The predicted molar refractivity (Wildman–Crippen MR) is 95.5 cm³/mol. The Balaban J connectivity index is 2.53. The SMILES string of the molecule is CCCCc1cc(C(CC)P(=O)(OCC)OCC)n2nccc2n1. The van der Waals surface area contributed by atoms with Crippen LogP contribution in [0, 0.1) is 0 Å². The summed E-state index contributed by atoms with van der Waals surface area (Å²) in [7, 11) is -3.27. The Labute approximate surface area is 144 Å². The molecule has 134 valence electrons. The van der Waals surface area contributed by atoms with Gasteiger partial charge in [-0.3, -0.25) is 4.57 Å². The Morgan fingerprint density at radius 3 is 2.50 bits per heavy atom. The highest BCUT2D eigenvalue weighted by Crippen LogP contribution is 2.62. The van der Waals surface area contributed by atoms with Crippen LogP contribution in [-0.4, -0.2) is 27.8 Å². The van der Waals surface area contributed by atoms with Crippen molar-refractivity contribution in [3.8, 4) is 0 Å². The Bertz CT molecular complexity index is 691. The quantitative estimate of drug-likeness (QED) is 0.575. The average Bonchev–Trinajstić information content (AvgIpc) is 3.02. The number of fused-ring (bicyclic) bond motifs is 1. The van der Waals surface area contributed by atoms with Gasteiger partial charge < -0.3 is 9.05 Å². The summed E-state index contributed by atoms with van der Waals surface area (Å²) in [6.45, 7) is 8.53. The second-order valence-electron chi connectivity index (χ2n) is 5.68. The van der Waals surface area contributed by atoms with Gasteiger partial charge in [0, 0.05) is 11.8 Å². The van der Waals surface area contributed by atoms with Crippen molar-refractivity contribution in [3.05, 3.63) is 29.7 Å². The fourth-order valence-corrected chi connectivity index (χ4v) is 5.00. The minimum atomic E-state index is -3.27. The molecule has 24 heavy (non-hydrogen) atoms. The van der Waals surface area contributed by atoms with Crippen LogP contribution in [0.3, 0.4) is 0 Å². The zero-order valence-corrected chi connectivity index (χ0v) is 16.0. The molecule has 0 amide bonds. The van der Waals surface area contributed by atoms with Gasteiger partial charge in [-0.1, -0.05) is 20.3 Å². The first-order valence-electron chi connectivity index (χ1n) is 8.81. The highest BCUT2D eigenvalue weighted by Gasteiger charge is 2.37. The van der Waals surface area contributed by atoms with Crippen LogP contribution in [0.15, 0.2) is 18.3 Å². The summed E-state index contributed by atoms with van der Waals surface area (Å²) in [6.07, 6.45) is 5.43. The first-order chi connectivity index (χ1) is 11.6. The highest BCUT2D eigenvalue weighted by atomic mass is 31.2. The van der Waals surface area contributed by atoms with Crippen molar-refractivity contribution in [2.75, 3.05) is 13.2 Å². The van der Waals surface area contributed by atoms with Crippen LogP contribution in [0.2, 0.25) is 0 Å². The molecule has 0 spiro atoms. The predicted octanol–water partition coefficient (Wildman–Crippen LogP) is 4.79. The number of aromatic nitrogens is 3. The molecule has 7 heteroatoms. The van der Waals surface area contributed by atoms with Crippen LogP contribution in [0.5, 0.6) is 0 Å². The fraction of sp³-hybridized carbons (Fsp3) is 0.647. The summed E-state index contributed by atoms with van der Waals surface area (Å²) >= 11 is 0. The van der Waals surface area contributed by atoms with E-state index in [4.69, 9.17) is 9.05 Å². The third kappa shape index (κ3) is 4.05. The van der Waals surface area contributed by atoms with Crippen molar-refractivity contribution in [3.63, 3.8) is 0 Å². The molecule has 0 saturated heterocycles. The van der Waals surface area contributed by atoms with Gasteiger partial charge >= 0.3 is 7.60 Å². The van der Waals surface area contributed by atoms with Gasteiger partial charge in [-0.15, -0.1) is 0 Å².